The van der Waals surface area contributed by atoms with Gasteiger partial charge in [-0.25, -0.2) is 0 Å². The Bertz CT molecular complexity index is 566. The minimum absolute atomic E-state index is 0.287. The fourth-order valence-corrected chi connectivity index (χ4v) is 1.58. The predicted molar refractivity (Wildman–Crippen MR) is 77.1 cm³/mol. The molecule has 2 rings (SSSR count). The molecule has 0 unspecified atom stereocenters. The number of hydrogen-bond donors (Lipinski definition) is 1. The number of pyridine rings is 1. The maximum atomic E-state index is 5.81. The van der Waals surface area contributed by atoms with E-state index in [4.69, 9.17) is 15.2 Å². The number of nitrogens with two attached hydrogens (primary N) is 1. The van der Waals surface area contributed by atoms with Gasteiger partial charge in [0.1, 0.15) is 0 Å². The molecule has 0 aromatic carbocycles. The molecule has 0 aliphatic carbocycles. The third-order valence-electron chi connectivity index (χ3n) is 2.64. The fraction of sp³-hybridized carbons (Fsp3) is 0.429. The number of ether oxygens (including phenoxy) is 2. The summed E-state index contributed by atoms with van der Waals surface area (Å²) in [6.07, 6.45) is 4.38. The monoisotopic (exact) mass is 276 g/mol. The van der Waals surface area contributed by atoms with Crippen LogP contribution in [-0.4, -0.2) is 21.4 Å². The summed E-state index contributed by atoms with van der Waals surface area (Å²) < 4.78 is 12.9. The van der Waals surface area contributed by atoms with Crippen molar-refractivity contribution < 1.29 is 9.47 Å². The lowest BCUT2D eigenvalue weighted by atomic mass is 10.4. The zero-order valence-electron chi connectivity index (χ0n) is 12.0. The summed E-state index contributed by atoms with van der Waals surface area (Å²) in [5.74, 6) is 1.48. The fourth-order valence-electron chi connectivity index (χ4n) is 1.58. The van der Waals surface area contributed by atoms with Gasteiger partial charge >= 0.3 is 0 Å². The normalized spacial score (nSPS) is 10.8. The summed E-state index contributed by atoms with van der Waals surface area (Å²) in [6, 6.07) is 3.72. The number of anilines is 1. The van der Waals surface area contributed by atoms with Crippen LogP contribution in [0.4, 0.5) is 5.69 Å². The van der Waals surface area contributed by atoms with Gasteiger partial charge in [0.05, 0.1) is 24.7 Å². The SMILES string of the molecule is CCCOc1nc(Oc2cnn(C(C)C)c2)ccc1N. The molecule has 0 saturated carbocycles. The minimum atomic E-state index is 0.287. The van der Waals surface area contributed by atoms with Gasteiger partial charge in [0.2, 0.25) is 11.8 Å². The zero-order chi connectivity index (χ0) is 14.5. The van der Waals surface area contributed by atoms with Crippen LogP contribution >= 0.6 is 0 Å². The van der Waals surface area contributed by atoms with E-state index in [2.05, 4.69) is 23.9 Å². The van der Waals surface area contributed by atoms with Crippen LogP contribution in [0.1, 0.15) is 33.2 Å². The van der Waals surface area contributed by atoms with E-state index in [1.54, 1.807) is 18.3 Å². The largest absolute Gasteiger partial charge is 0.476 e. The lowest BCUT2D eigenvalue weighted by Crippen LogP contribution is -2.02. The minimum Gasteiger partial charge on any atom is -0.476 e. The van der Waals surface area contributed by atoms with Gasteiger partial charge in [-0.15, -0.1) is 0 Å². The summed E-state index contributed by atoms with van der Waals surface area (Å²) >= 11 is 0. The highest BCUT2D eigenvalue weighted by Gasteiger charge is 2.08. The summed E-state index contributed by atoms with van der Waals surface area (Å²) in [5.41, 5.74) is 6.31. The quantitative estimate of drug-likeness (QED) is 0.877. The molecule has 0 bridgehead atoms. The molecule has 0 fully saturated rings. The summed E-state index contributed by atoms with van der Waals surface area (Å²) in [6.45, 7) is 6.70. The number of hydrogen-bond acceptors (Lipinski definition) is 5. The van der Waals surface area contributed by atoms with Crippen LogP contribution in [0.2, 0.25) is 0 Å². The number of aromatic nitrogens is 3. The number of nitrogens with zero attached hydrogens (tertiary/aromatic N) is 3. The van der Waals surface area contributed by atoms with E-state index in [1.807, 2.05) is 17.8 Å². The first-order valence-electron chi connectivity index (χ1n) is 6.71. The van der Waals surface area contributed by atoms with E-state index in [-0.39, 0.29) is 6.04 Å². The molecular formula is C14H20N4O2. The Morgan fingerprint density at radius 1 is 1.35 bits per heavy atom. The molecule has 0 amide bonds. The molecule has 0 radical (unpaired) electrons. The molecule has 2 heterocycles. The molecule has 6 heteroatoms. The Morgan fingerprint density at radius 3 is 2.80 bits per heavy atom. The van der Waals surface area contributed by atoms with Crippen molar-refractivity contribution in [1.29, 1.82) is 0 Å². The summed E-state index contributed by atoms with van der Waals surface area (Å²) in [5, 5.41) is 4.21. The molecule has 2 aromatic heterocycles. The van der Waals surface area contributed by atoms with Gasteiger partial charge in [-0.2, -0.15) is 10.1 Å². The molecule has 2 N–H and O–H groups in total. The van der Waals surface area contributed by atoms with E-state index in [9.17, 15) is 0 Å². The van der Waals surface area contributed by atoms with Gasteiger partial charge in [0.15, 0.2) is 5.75 Å². The lowest BCUT2D eigenvalue weighted by molar-refractivity contribution is 0.302. The summed E-state index contributed by atoms with van der Waals surface area (Å²) in [4.78, 5) is 4.25. The average molecular weight is 276 g/mol. The van der Waals surface area contributed by atoms with E-state index >= 15 is 0 Å². The molecular weight excluding hydrogens is 256 g/mol. The molecule has 0 aliphatic heterocycles. The molecule has 108 valence electrons. The molecule has 20 heavy (non-hydrogen) atoms. The van der Waals surface area contributed by atoms with Gasteiger partial charge in [0.25, 0.3) is 0 Å². The highest BCUT2D eigenvalue weighted by Crippen LogP contribution is 2.26. The number of nitrogen functional groups attached to an aromatic ring is 1. The van der Waals surface area contributed by atoms with Gasteiger partial charge in [-0.05, 0) is 26.3 Å². The van der Waals surface area contributed by atoms with Gasteiger partial charge in [-0.3, -0.25) is 4.68 Å². The van der Waals surface area contributed by atoms with Crippen LogP contribution < -0.4 is 15.2 Å². The topological polar surface area (TPSA) is 75.2 Å². The molecule has 0 saturated heterocycles. The highest BCUT2D eigenvalue weighted by molar-refractivity contribution is 5.49. The average Bonchev–Trinajstić information content (AvgIpc) is 2.88. The molecule has 0 atom stereocenters. The Kier molecular flexibility index (Phi) is 4.45. The van der Waals surface area contributed by atoms with Crippen molar-refractivity contribution in [2.24, 2.45) is 0 Å². The second-order valence-electron chi connectivity index (χ2n) is 4.74. The molecule has 0 spiro atoms. The van der Waals surface area contributed by atoms with E-state index < -0.39 is 0 Å². The first-order chi connectivity index (χ1) is 9.60. The highest BCUT2D eigenvalue weighted by atomic mass is 16.5. The summed E-state index contributed by atoms with van der Waals surface area (Å²) in [7, 11) is 0. The first kappa shape index (κ1) is 14.2. The van der Waals surface area contributed by atoms with Crippen molar-refractivity contribution in [3.8, 4) is 17.5 Å². The molecule has 0 aliphatic rings. The van der Waals surface area contributed by atoms with Crippen molar-refractivity contribution in [1.82, 2.24) is 14.8 Å². The predicted octanol–water partition coefficient (Wildman–Crippen LogP) is 3.02. The maximum absolute atomic E-state index is 5.81. The van der Waals surface area contributed by atoms with E-state index in [0.717, 1.165) is 6.42 Å². The van der Waals surface area contributed by atoms with Crippen LogP contribution in [0.15, 0.2) is 24.5 Å². The standard InChI is InChI=1S/C14H20N4O2/c1-4-7-19-14-12(15)5-6-13(17-14)20-11-8-16-18(9-11)10(2)3/h5-6,8-10H,4,7,15H2,1-3H3. The Morgan fingerprint density at radius 2 is 2.15 bits per heavy atom. The van der Waals surface area contributed by atoms with Gasteiger partial charge in [-0.1, -0.05) is 6.92 Å². The Balaban J connectivity index is 2.12. The maximum Gasteiger partial charge on any atom is 0.240 e. The third kappa shape index (κ3) is 3.40. The van der Waals surface area contributed by atoms with Crippen molar-refractivity contribution in [2.75, 3.05) is 12.3 Å². The molecule has 6 nitrogen and oxygen atoms in total. The Hall–Kier alpha value is -2.24. The van der Waals surface area contributed by atoms with E-state index in [0.29, 0.717) is 29.8 Å². The third-order valence-corrected chi connectivity index (χ3v) is 2.64. The van der Waals surface area contributed by atoms with Crippen molar-refractivity contribution >= 4 is 5.69 Å². The lowest BCUT2D eigenvalue weighted by Gasteiger charge is -2.08. The van der Waals surface area contributed by atoms with Gasteiger partial charge < -0.3 is 15.2 Å². The van der Waals surface area contributed by atoms with Crippen molar-refractivity contribution in [2.45, 2.75) is 33.2 Å². The van der Waals surface area contributed by atoms with Crippen LogP contribution in [0.3, 0.4) is 0 Å². The number of rotatable bonds is 6. The Labute approximate surface area is 118 Å². The van der Waals surface area contributed by atoms with Crippen LogP contribution in [0, 0.1) is 0 Å². The first-order valence-corrected chi connectivity index (χ1v) is 6.71. The second-order valence-corrected chi connectivity index (χ2v) is 4.74. The van der Waals surface area contributed by atoms with Crippen molar-refractivity contribution in [3.63, 3.8) is 0 Å². The molecule has 2 aromatic rings. The second kappa shape index (κ2) is 6.27. The van der Waals surface area contributed by atoms with E-state index in [1.165, 1.54) is 0 Å². The van der Waals surface area contributed by atoms with Crippen LogP contribution in [0.25, 0.3) is 0 Å². The smallest absolute Gasteiger partial charge is 0.240 e. The zero-order valence-corrected chi connectivity index (χ0v) is 12.0. The van der Waals surface area contributed by atoms with Crippen LogP contribution in [-0.2, 0) is 0 Å². The van der Waals surface area contributed by atoms with Crippen molar-refractivity contribution in [3.05, 3.63) is 24.5 Å². The van der Waals surface area contributed by atoms with Crippen LogP contribution in [0.5, 0.6) is 17.5 Å². The van der Waals surface area contributed by atoms with Gasteiger partial charge in [0, 0.05) is 12.1 Å².